The van der Waals surface area contributed by atoms with Gasteiger partial charge in [0.15, 0.2) is 5.11 Å². The molecule has 1 amide bonds. The number of carbonyl (C=O) groups is 2. The van der Waals surface area contributed by atoms with E-state index in [9.17, 15) is 9.59 Å². The lowest BCUT2D eigenvalue weighted by Gasteiger charge is -2.02. The molecule has 1 aromatic heterocycles. The van der Waals surface area contributed by atoms with E-state index in [0.717, 1.165) is 22.4 Å². The molecule has 0 aliphatic carbocycles. The van der Waals surface area contributed by atoms with Crippen molar-refractivity contribution in [2.45, 2.75) is 6.61 Å². The highest BCUT2D eigenvalue weighted by atomic mass is 32.1. The van der Waals surface area contributed by atoms with Crippen molar-refractivity contribution in [2.24, 2.45) is 0 Å². The maximum atomic E-state index is 11.7. The average Bonchev–Trinajstić information content (AvgIpc) is 3.20. The van der Waals surface area contributed by atoms with Crippen molar-refractivity contribution >= 4 is 46.8 Å². The molecule has 114 valence electrons. The van der Waals surface area contributed by atoms with Crippen LogP contribution in [0.2, 0.25) is 0 Å². The number of nitrogens with zero attached hydrogens (tertiary/aromatic N) is 1. The van der Waals surface area contributed by atoms with Crippen LogP contribution in [-0.4, -0.2) is 21.4 Å². The topological polar surface area (TPSA) is 80.3 Å². The summed E-state index contributed by atoms with van der Waals surface area (Å²) in [5, 5.41) is 7.48. The van der Waals surface area contributed by atoms with Gasteiger partial charge in [0.25, 0.3) is 5.91 Å². The van der Waals surface area contributed by atoms with Crippen molar-refractivity contribution in [3.8, 4) is 11.3 Å². The van der Waals surface area contributed by atoms with Crippen LogP contribution in [0.4, 0.5) is 0 Å². The summed E-state index contributed by atoms with van der Waals surface area (Å²) in [6.07, 6.45) is 1.71. The molecule has 0 spiro atoms. The minimum Gasteiger partial charge on any atom is -0.457 e. The lowest BCUT2D eigenvalue weighted by atomic mass is 10.0. The zero-order valence-electron chi connectivity index (χ0n) is 11.6. The monoisotopic (exact) mass is 343 g/mol. The lowest BCUT2D eigenvalue weighted by molar-refractivity contribution is -0.115. The Labute approximate surface area is 140 Å². The second kappa shape index (κ2) is 5.25. The molecular formula is C15H9N3O3S2. The van der Waals surface area contributed by atoms with Crippen molar-refractivity contribution in [3.63, 3.8) is 0 Å². The minimum atomic E-state index is -0.299. The molecule has 0 bridgehead atoms. The van der Waals surface area contributed by atoms with Crippen LogP contribution in [-0.2, 0) is 16.1 Å². The van der Waals surface area contributed by atoms with Gasteiger partial charge in [-0.3, -0.25) is 10.1 Å². The fourth-order valence-electron chi connectivity index (χ4n) is 2.48. The van der Waals surface area contributed by atoms with E-state index < -0.39 is 0 Å². The number of carbonyl (C=O) groups excluding carboxylic acids is 2. The van der Waals surface area contributed by atoms with Gasteiger partial charge in [-0.05, 0) is 42.0 Å². The second-order valence-electron chi connectivity index (χ2n) is 5.03. The number of cyclic esters (lactones) is 1. The van der Waals surface area contributed by atoms with Crippen molar-refractivity contribution in [3.05, 3.63) is 46.0 Å². The summed E-state index contributed by atoms with van der Waals surface area (Å²) in [6.45, 7) is 0.279. The molecule has 8 heteroatoms. The summed E-state index contributed by atoms with van der Waals surface area (Å²) in [4.78, 5) is 23.3. The summed E-state index contributed by atoms with van der Waals surface area (Å²) in [5.74, 6) is -0.562. The van der Waals surface area contributed by atoms with Crippen LogP contribution in [0.1, 0.15) is 21.5 Å². The van der Waals surface area contributed by atoms with Gasteiger partial charge in [0.2, 0.25) is 0 Å². The van der Waals surface area contributed by atoms with E-state index >= 15 is 0 Å². The van der Waals surface area contributed by atoms with E-state index in [0.29, 0.717) is 16.4 Å². The zero-order valence-corrected chi connectivity index (χ0v) is 13.2. The van der Waals surface area contributed by atoms with E-state index in [1.807, 2.05) is 17.5 Å². The Hall–Kier alpha value is -2.58. The Morgan fingerprint density at radius 2 is 2.17 bits per heavy atom. The molecule has 2 aliphatic rings. The first-order valence-corrected chi connectivity index (χ1v) is 7.95. The fraction of sp³-hybridized carbons (Fsp3) is 0.0667. The molecule has 6 nitrogen and oxygen atoms in total. The molecule has 0 saturated carbocycles. The van der Waals surface area contributed by atoms with Crippen molar-refractivity contribution < 1.29 is 14.3 Å². The molecule has 0 atom stereocenters. The summed E-state index contributed by atoms with van der Waals surface area (Å²) >= 11 is 6.21. The van der Waals surface area contributed by atoms with Gasteiger partial charge in [0.05, 0.1) is 11.3 Å². The summed E-state index contributed by atoms with van der Waals surface area (Å²) in [6, 6.07) is 5.46. The first-order chi connectivity index (χ1) is 11.1. The zero-order chi connectivity index (χ0) is 16.0. The molecule has 1 aromatic carbocycles. The maximum absolute atomic E-state index is 11.7. The Kier molecular flexibility index (Phi) is 3.21. The predicted octanol–water partition coefficient (Wildman–Crippen LogP) is 1.83. The molecule has 2 N–H and O–H groups in total. The lowest BCUT2D eigenvalue weighted by Crippen LogP contribution is -2.21. The number of fused-ring (bicyclic) bond motifs is 1. The number of rotatable bonds is 2. The van der Waals surface area contributed by atoms with E-state index in [1.165, 1.54) is 11.5 Å². The number of amides is 1. The summed E-state index contributed by atoms with van der Waals surface area (Å²) in [7, 11) is 0. The highest BCUT2D eigenvalue weighted by molar-refractivity contribution is 7.80. The largest absolute Gasteiger partial charge is 0.457 e. The fourth-order valence-corrected chi connectivity index (χ4v) is 3.35. The van der Waals surface area contributed by atoms with Crippen LogP contribution in [0.25, 0.3) is 17.3 Å². The third-order valence-electron chi connectivity index (χ3n) is 3.57. The molecule has 0 unspecified atom stereocenters. The number of hydrogen-bond donors (Lipinski definition) is 2. The van der Waals surface area contributed by atoms with Gasteiger partial charge in [-0.2, -0.15) is 4.37 Å². The number of ether oxygens (including phenoxy) is 1. The number of esters is 1. The Morgan fingerprint density at radius 3 is 2.96 bits per heavy atom. The van der Waals surface area contributed by atoms with Crippen molar-refractivity contribution in [1.82, 2.24) is 15.0 Å². The number of aromatic nitrogens is 1. The van der Waals surface area contributed by atoms with E-state index in [1.54, 1.807) is 12.1 Å². The highest BCUT2D eigenvalue weighted by Crippen LogP contribution is 2.30. The van der Waals surface area contributed by atoms with E-state index in [4.69, 9.17) is 17.0 Å². The van der Waals surface area contributed by atoms with Crippen LogP contribution in [0.3, 0.4) is 0 Å². The summed E-state index contributed by atoms with van der Waals surface area (Å²) in [5.41, 5.74) is 4.25. The van der Waals surface area contributed by atoms with Crippen molar-refractivity contribution in [2.75, 3.05) is 0 Å². The molecule has 4 rings (SSSR count). The molecule has 1 fully saturated rings. The van der Waals surface area contributed by atoms with Gasteiger partial charge in [0, 0.05) is 22.1 Å². The quantitative estimate of drug-likeness (QED) is 0.492. The number of nitrogens with one attached hydrogen (secondary N) is 2. The van der Waals surface area contributed by atoms with E-state index in [-0.39, 0.29) is 18.5 Å². The van der Waals surface area contributed by atoms with Crippen LogP contribution in [0.15, 0.2) is 29.3 Å². The second-order valence-corrected chi connectivity index (χ2v) is 6.07. The Morgan fingerprint density at radius 1 is 1.30 bits per heavy atom. The molecule has 0 radical (unpaired) electrons. The highest BCUT2D eigenvalue weighted by Gasteiger charge is 2.23. The van der Waals surface area contributed by atoms with Crippen LogP contribution in [0, 0.1) is 0 Å². The third kappa shape index (κ3) is 2.41. The number of benzene rings is 1. The molecule has 2 aliphatic heterocycles. The normalized spacial score (nSPS) is 17.9. The molecular weight excluding hydrogens is 334 g/mol. The molecule has 1 saturated heterocycles. The maximum Gasteiger partial charge on any atom is 0.338 e. The molecule has 2 aromatic rings. The first kappa shape index (κ1) is 14.0. The van der Waals surface area contributed by atoms with E-state index in [2.05, 4.69) is 15.0 Å². The van der Waals surface area contributed by atoms with Crippen LogP contribution >= 0.6 is 23.8 Å². The van der Waals surface area contributed by atoms with Gasteiger partial charge >= 0.3 is 5.97 Å². The predicted molar refractivity (Wildman–Crippen MR) is 88.5 cm³/mol. The van der Waals surface area contributed by atoms with Crippen LogP contribution in [0.5, 0.6) is 0 Å². The van der Waals surface area contributed by atoms with Gasteiger partial charge < -0.3 is 10.1 Å². The van der Waals surface area contributed by atoms with Gasteiger partial charge in [0.1, 0.15) is 12.3 Å². The Bertz CT molecular complexity index is 901. The number of hydrogen-bond acceptors (Lipinski definition) is 6. The standard InChI is InChI=1S/C15H9N3O3S2/c19-13-11(16-15(22)17-13)4-9-6-23-18-12(9)7-1-2-10-8(3-7)5-21-14(10)20/h1-4,6H,5H2,(H2,16,17,19,22). The van der Waals surface area contributed by atoms with Gasteiger partial charge in [-0.25, -0.2) is 4.79 Å². The van der Waals surface area contributed by atoms with Crippen LogP contribution < -0.4 is 10.6 Å². The average molecular weight is 343 g/mol. The summed E-state index contributed by atoms with van der Waals surface area (Å²) < 4.78 is 9.41. The van der Waals surface area contributed by atoms with Gasteiger partial charge in [-0.1, -0.05) is 6.07 Å². The number of thiocarbonyl (C=S) groups is 1. The Balaban J connectivity index is 1.74. The molecule has 3 heterocycles. The smallest absolute Gasteiger partial charge is 0.338 e. The minimum absolute atomic E-state index is 0.264. The molecule has 23 heavy (non-hydrogen) atoms. The first-order valence-electron chi connectivity index (χ1n) is 6.70. The van der Waals surface area contributed by atoms with Gasteiger partial charge in [-0.15, -0.1) is 0 Å². The van der Waals surface area contributed by atoms with Crippen molar-refractivity contribution in [1.29, 1.82) is 0 Å². The SMILES string of the molecule is O=C1NC(=S)NC1=Cc1csnc1-c1ccc2c(c1)COC2=O. The third-order valence-corrected chi connectivity index (χ3v) is 4.43.